The molecule has 0 radical (unpaired) electrons. The molecular formula is C23H22N2O3. The zero-order valence-corrected chi connectivity index (χ0v) is 15.6. The van der Waals surface area contributed by atoms with Gasteiger partial charge in [0.25, 0.3) is 11.8 Å². The molecule has 5 nitrogen and oxygen atoms in total. The summed E-state index contributed by atoms with van der Waals surface area (Å²) in [7, 11) is 0. The fraction of sp³-hybridized carbons (Fsp3) is 0.130. The molecule has 0 atom stereocenters. The Bertz CT molecular complexity index is 955. The minimum absolute atomic E-state index is 0.195. The maximum absolute atomic E-state index is 12.1. The van der Waals surface area contributed by atoms with Crippen molar-refractivity contribution in [2.24, 2.45) is 0 Å². The fourth-order valence-corrected chi connectivity index (χ4v) is 2.81. The van der Waals surface area contributed by atoms with Gasteiger partial charge in [-0.2, -0.15) is 0 Å². The van der Waals surface area contributed by atoms with Gasteiger partial charge in [0.05, 0.1) is 0 Å². The summed E-state index contributed by atoms with van der Waals surface area (Å²) >= 11 is 0. The molecule has 0 saturated carbocycles. The number of rotatable bonds is 6. The van der Waals surface area contributed by atoms with Crippen LogP contribution in [0, 0.1) is 6.92 Å². The summed E-state index contributed by atoms with van der Waals surface area (Å²) in [5.74, 6) is -0.154. The molecule has 5 heteroatoms. The Hall–Kier alpha value is -3.60. The standard InChI is InChI=1S/C23H22N2O3/c1-17-9-5-7-13-20(17)23(27)25-24-22(26)16-28-21-14-8-6-12-19(21)15-18-10-3-2-4-11-18/h2-14H,15-16H2,1H3,(H,24,26)(H,25,27). The van der Waals surface area contributed by atoms with E-state index in [1.165, 1.54) is 0 Å². The number of ether oxygens (including phenoxy) is 1. The molecule has 3 aromatic rings. The topological polar surface area (TPSA) is 67.4 Å². The van der Waals surface area contributed by atoms with Crippen molar-refractivity contribution in [3.8, 4) is 5.75 Å². The molecule has 3 rings (SSSR count). The Morgan fingerprint density at radius 1 is 0.821 bits per heavy atom. The van der Waals surface area contributed by atoms with Crippen LogP contribution in [0.2, 0.25) is 0 Å². The number of para-hydroxylation sites is 1. The zero-order valence-electron chi connectivity index (χ0n) is 15.6. The summed E-state index contributed by atoms with van der Waals surface area (Å²) in [6.07, 6.45) is 0.711. The molecule has 0 spiro atoms. The van der Waals surface area contributed by atoms with E-state index in [4.69, 9.17) is 4.74 Å². The van der Waals surface area contributed by atoms with Crippen LogP contribution in [0.4, 0.5) is 0 Å². The highest BCUT2D eigenvalue weighted by molar-refractivity contribution is 5.96. The SMILES string of the molecule is Cc1ccccc1C(=O)NNC(=O)COc1ccccc1Cc1ccccc1. The summed E-state index contributed by atoms with van der Waals surface area (Å²) in [6, 6.07) is 24.8. The molecule has 0 aliphatic rings. The van der Waals surface area contributed by atoms with Gasteiger partial charge < -0.3 is 4.74 Å². The molecule has 0 bridgehead atoms. The number of benzene rings is 3. The molecule has 0 unspecified atom stereocenters. The Morgan fingerprint density at radius 3 is 2.29 bits per heavy atom. The number of nitrogens with one attached hydrogen (secondary N) is 2. The van der Waals surface area contributed by atoms with Gasteiger partial charge in [0.15, 0.2) is 6.61 Å². The average Bonchev–Trinajstić information content (AvgIpc) is 2.72. The molecule has 0 aromatic heterocycles. The lowest BCUT2D eigenvalue weighted by molar-refractivity contribution is -0.123. The Morgan fingerprint density at radius 2 is 1.50 bits per heavy atom. The minimum atomic E-state index is -0.434. The first-order chi connectivity index (χ1) is 13.6. The van der Waals surface area contributed by atoms with Crippen molar-refractivity contribution < 1.29 is 14.3 Å². The van der Waals surface area contributed by atoms with Crippen LogP contribution < -0.4 is 15.6 Å². The van der Waals surface area contributed by atoms with Crippen LogP contribution in [0.3, 0.4) is 0 Å². The summed E-state index contributed by atoms with van der Waals surface area (Å²) < 4.78 is 5.67. The van der Waals surface area contributed by atoms with Crippen LogP contribution in [-0.4, -0.2) is 18.4 Å². The third-order valence-electron chi connectivity index (χ3n) is 4.27. The van der Waals surface area contributed by atoms with Crippen LogP contribution in [0.15, 0.2) is 78.9 Å². The third kappa shape index (κ3) is 5.20. The van der Waals surface area contributed by atoms with E-state index in [9.17, 15) is 9.59 Å². The van der Waals surface area contributed by atoms with Gasteiger partial charge in [-0.1, -0.05) is 66.7 Å². The van der Waals surface area contributed by atoms with Crippen LogP contribution in [0.5, 0.6) is 5.75 Å². The van der Waals surface area contributed by atoms with Gasteiger partial charge in [-0.05, 0) is 35.7 Å². The number of carbonyl (C=O) groups is 2. The van der Waals surface area contributed by atoms with Crippen molar-refractivity contribution in [2.75, 3.05) is 6.61 Å². The normalized spacial score (nSPS) is 10.2. The third-order valence-corrected chi connectivity index (χ3v) is 4.27. The first-order valence-corrected chi connectivity index (χ1v) is 9.03. The van der Waals surface area contributed by atoms with Gasteiger partial charge in [0.2, 0.25) is 0 Å². The fourth-order valence-electron chi connectivity index (χ4n) is 2.81. The molecule has 0 fully saturated rings. The number of aryl methyl sites for hydroxylation is 1. The Kier molecular flexibility index (Phi) is 6.41. The molecule has 28 heavy (non-hydrogen) atoms. The largest absolute Gasteiger partial charge is 0.483 e. The summed E-state index contributed by atoms with van der Waals surface area (Å²) in [6.45, 7) is 1.64. The number of hydrogen-bond acceptors (Lipinski definition) is 3. The van der Waals surface area contributed by atoms with Gasteiger partial charge >= 0.3 is 0 Å². The highest BCUT2D eigenvalue weighted by Crippen LogP contribution is 2.21. The summed E-state index contributed by atoms with van der Waals surface area (Å²) in [4.78, 5) is 24.2. The predicted octanol–water partition coefficient (Wildman–Crippen LogP) is 3.43. The quantitative estimate of drug-likeness (QED) is 0.650. The van der Waals surface area contributed by atoms with Crippen molar-refractivity contribution in [3.05, 3.63) is 101 Å². The summed E-state index contributed by atoms with van der Waals surface area (Å²) in [5, 5.41) is 0. The first-order valence-electron chi connectivity index (χ1n) is 9.03. The van der Waals surface area contributed by atoms with E-state index in [1.807, 2.05) is 73.7 Å². The predicted molar refractivity (Wildman–Crippen MR) is 108 cm³/mol. The minimum Gasteiger partial charge on any atom is -0.483 e. The van der Waals surface area contributed by atoms with E-state index in [1.54, 1.807) is 12.1 Å². The zero-order chi connectivity index (χ0) is 19.8. The maximum atomic E-state index is 12.1. The second-order valence-electron chi connectivity index (χ2n) is 6.38. The lowest BCUT2D eigenvalue weighted by Gasteiger charge is -2.12. The first kappa shape index (κ1) is 19.2. The molecule has 0 aliphatic carbocycles. The number of amides is 2. The van der Waals surface area contributed by atoms with Gasteiger partial charge in [-0.3, -0.25) is 20.4 Å². The van der Waals surface area contributed by atoms with Crippen LogP contribution >= 0.6 is 0 Å². The molecule has 142 valence electrons. The van der Waals surface area contributed by atoms with Crippen LogP contribution in [0.25, 0.3) is 0 Å². The van der Waals surface area contributed by atoms with Crippen molar-refractivity contribution in [1.29, 1.82) is 0 Å². The van der Waals surface area contributed by atoms with E-state index in [-0.39, 0.29) is 12.5 Å². The van der Waals surface area contributed by atoms with Crippen molar-refractivity contribution in [2.45, 2.75) is 13.3 Å². The van der Waals surface area contributed by atoms with E-state index >= 15 is 0 Å². The Labute approximate surface area is 164 Å². The lowest BCUT2D eigenvalue weighted by atomic mass is 10.0. The van der Waals surface area contributed by atoms with Crippen LogP contribution in [-0.2, 0) is 11.2 Å². The van der Waals surface area contributed by atoms with Gasteiger partial charge in [-0.25, -0.2) is 0 Å². The molecular weight excluding hydrogens is 352 g/mol. The van der Waals surface area contributed by atoms with Crippen molar-refractivity contribution >= 4 is 11.8 Å². The highest BCUT2D eigenvalue weighted by atomic mass is 16.5. The van der Waals surface area contributed by atoms with Gasteiger partial charge in [0, 0.05) is 12.0 Å². The lowest BCUT2D eigenvalue weighted by Crippen LogP contribution is -2.44. The second kappa shape index (κ2) is 9.37. The van der Waals surface area contributed by atoms with E-state index < -0.39 is 5.91 Å². The smallest absolute Gasteiger partial charge is 0.276 e. The number of carbonyl (C=O) groups excluding carboxylic acids is 2. The van der Waals surface area contributed by atoms with E-state index in [2.05, 4.69) is 10.9 Å². The summed E-state index contributed by atoms with van der Waals surface area (Å²) in [5.41, 5.74) is 8.29. The molecule has 3 aromatic carbocycles. The number of hydrazine groups is 1. The number of hydrogen-bond donors (Lipinski definition) is 2. The average molecular weight is 374 g/mol. The van der Waals surface area contributed by atoms with E-state index in [0.29, 0.717) is 17.7 Å². The maximum Gasteiger partial charge on any atom is 0.276 e. The van der Waals surface area contributed by atoms with Crippen LogP contribution in [0.1, 0.15) is 27.0 Å². The van der Waals surface area contributed by atoms with Gasteiger partial charge in [0.1, 0.15) is 5.75 Å². The monoisotopic (exact) mass is 374 g/mol. The molecule has 2 N–H and O–H groups in total. The molecule has 0 saturated heterocycles. The molecule has 2 amide bonds. The van der Waals surface area contributed by atoms with Gasteiger partial charge in [-0.15, -0.1) is 0 Å². The molecule has 0 heterocycles. The Balaban J connectivity index is 1.54. The van der Waals surface area contributed by atoms with E-state index in [0.717, 1.165) is 16.7 Å². The van der Waals surface area contributed by atoms with Crippen molar-refractivity contribution in [3.63, 3.8) is 0 Å². The second-order valence-corrected chi connectivity index (χ2v) is 6.38. The van der Waals surface area contributed by atoms with Crippen molar-refractivity contribution in [1.82, 2.24) is 10.9 Å². The highest BCUT2D eigenvalue weighted by Gasteiger charge is 2.11. The molecule has 0 aliphatic heterocycles.